The normalized spacial score (nSPS) is 12.7. The number of hydrogen-bond acceptors (Lipinski definition) is 3. The standard InChI is InChI=1S/C11H11ClFN3O/c12-7-3-6(1-2-8(7)13)10-4-15-11(16-10)9(14)5-17/h1-4,9,17H,5,14H2,(H,15,16). The average molecular weight is 256 g/mol. The van der Waals surface area contributed by atoms with Crippen molar-refractivity contribution in [2.75, 3.05) is 6.61 Å². The van der Waals surface area contributed by atoms with Crippen molar-refractivity contribution in [1.29, 1.82) is 0 Å². The van der Waals surface area contributed by atoms with Gasteiger partial charge >= 0.3 is 0 Å². The summed E-state index contributed by atoms with van der Waals surface area (Å²) in [5, 5.41) is 8.94. The lowest BCUT2D eigenvalue weighted by atomic mass is 10.2. The first-order valence-corrected chi connectivity index (χ1v) is 5.36. The fourth-order valence-electron chi connectivity index (χ4n) is 1.42. The SMILES string of the molecule is NC(CO)c1ncc(-c2ccc(F)c(Cl)c2)[nH]1. The maximum absolute atomic E-state index is 13.0. The topological polar surface area (TPSA) is 74.9 Å². The summed E-state index contributed by atoms with van der Waals surface area (Å²) in [7, 11) is 0. The molecule has 6 heteroatoms. The van der Waals surface area contributed by atoms with Crippen molar-refractivity contribution in [3.05, 3.63) is 41.1 Å². The minimum atomic E-state index is -0.556. The van der Waals surface area contributed by atoms with Gasteiger partial charge in [-0.15, -0.1) is 0 Å². The van der Waals surface area contributed by atoms with Crippen molar-refractivity contribution in [1.82, 2.24) is 9.97 Å². The second-order valence-corrected chi connectivity index (χ2v) is 4.01. The van der Waals surface area contributed by atoms with Crippen molar-refractivity contribution in [2.45, 2.75) is 6.04 Å². The lowest BCUT2D eigenvalue weighted by Crippen LogP contribution is -2.15. The molecule has 0 fully saturated rings. The lowest BCUT2D eigenvalue weighted by Gasteiger charge is -2.03. The summed E-state index contributed by atoms with van der Waals surface area (Å²) in [6.45, 7) is -0.197. The van der Waals surface area contributed by atoms with Gasteiger partial charge in [0, 0.05) is 5.56 Å². The van der Waals surface area contributed by atoms with Crippen molar-refractivity contribution in [3.63, 3.8) is 0 Å². The molecule has 2 rings (SSSR count). The highest BCUT2D eigenvalue weighted by Crippen LogP contribution is 2.24. The molecule has 0 bridgehead atoms. The van der Waals surface area contributed by atoms with E-state index in [0.29, 0.717) is 17.1 Å². The summed E-state index contributed by atoms with van der Waals surface area (Å²) in [5.41, 5.74) is 6.99. The van der Waals surface area contributed by atoms with E-state index in [2.05, 4.69) is 9.97 Å². The third kappa shape index (κ3) is 2.46. The molecule has 17 heavy (non-hydrogen) atoms. The van der Waals surface area contributed by atoms with Gasteiger partial charge in [-0.2, -0.15) is 0 Å². The third-order valence-corrected chi connectivity index (χ3v) is 2.66. The van der Waals surface area contributed by atoms with Crippen LogP contribution in [0.3, 0.4) is 0 Å². The first-order chi connectivity index (χ1) is 8.11. The van der Waals surface area contributed by atoms with Crippen LogP contribution >= 0.6 is 11.6 Å². The highest BCUT2D eigenvalue weighted by molar-refractivity contribution is 6.31. The fourth-order valence-corrected chi connectivity index (χ4v) is 1.60. The molecule has 0 spiro atoms. The van der Waals surface area contributed by atoms with Gasteiger partial charge in [-0.3, -0.25) is 0 Å². The molecule has 1 heterocycles. The van der Waals surface area contributed by atoms with Crippen LogP contribution in [0.2, 0.25) is 5.02 Å². The molecule has 1 atom stereocenters. The Bertz CT molecular complexity index is 529. The van der Waals surface area contributed by atoms with Crippen LogP contribution in [-0.2, 0) is 0 Å². The summed E-state index contributed by atoms with van der Waals surface area (Å²) in [4.78, 5) is 6.99. The highest BCUT2D eigenvalue weighted by atomic mass is 35.5. The van der Waals surface area contributed by atoms with Gasteiger partial charge in [-0.05, 0) is 18.2 Å². The summed E-state index contributed by atoms with van der Waals surface area (Å²) in [6, 6.07) is 3.81. The number of aliphatic hydroxyl groups is 1. The molecule has 90 valence electrons. The molecule has 0 radical (unpaired) electrons. The van der Waals surface area contributed by atoms with E-state index in [9.17, 15) is 4.39 Å². The van der Waals surface area contributed by atoms with Crippen LogP contribution in [0.25, 0.3) is 11.3 Å². The van der Waals surface area contributed by atoms with Gasteiger partial charge in [-0.25, -0.2) is 9.37 Å². The summed E-state index contributed by atoms with van der Waals surface area (Å²) >= 11 is 5.69. The second kappa shape index (κ2) is 4.83. The van der Waals surface area contributed by atoms with Crippen LogP contribution in [0, 0.1) is 5.82 Å². The zero-order valence-corrected chi connectivity index (χ0v) is 9.58. The number of aliphatic hydroxyl groups excluding tert-OH is 1. The third-order valence-electron chi connectivity index (χ3n) is 2.37. The summed E-state index contributed by atoms with van der Waals surface area (Å²) in [5.74, 6) is 0.00478. The van der Waals surface area contributed by atoms with E-state index in [0.717, 1.165) is 0 Å². The summed E-state index contributed by atoms with van der Waals surface area (Å²) < 4.78 is 13.0. The number of halogens is 2. The number of aromatic amines is 1. The van der Waals surface area contributed by atoms with E-state index in [1.54, 1.807) is 12.3 Å². The van der Waals surface area contributed by atoms with E-state index in [1.807, 2.05) is 0 Å². The van der Waals surface area contributed by atoms with Crippen LogP contribution in [0.15, 0.2) is 24.4 Å². The monoisotopic (exact) mass is 255 g/mol. The number of hydrogen-bond donors (Lipinski definition) is 3. The molecule has 4 N–H and O–H groups in total. The Hall–Kier alpha value is -1.43. The second-order valence-electron chi connectivity index (χ2n) is 3.60. The minimum absolute atomic E-state index is 0.0464. The molecular weight excluding hydrogens is 245 g/mol. The number of H-pyrrole nitrogens is 1. The smallest absolute Gasteiger partial charge is 0.141 e. The number of rotatable bonds is 3. The molecule has 1 aromatic carbocycles. The van der Waals surface area contributed by atoms with Crippen molar-refractivity contribution < 1.29 is 9.50 Å². The van der Waals surface area contributed by atoms with Crippen LogP contribution in [-0.4, -0.2) is 21.7 Å². The van der Waals surface area contributed by atoms with Crippen molar-refractivity contribution in [2.24, 2.45) is 5.73 Å². The largest absolute Gasteiger partial charge is 0.394 e. The van der Waals surface area contributed by atoms with Crippen molar-refractivity contribution >= 4 is 11.6 Å². The number of nitrogens with two attached hydrogens (primary N) is 1. The zero-order valence-electron chi connectivity index (χ0n) is 8.82. The van der Waals surface area contributed by atoms with Gasteiger partial charge in [-0.1, -0.05) is 11.6 Å². The van der Waals surface area contributed by atoms with E-state index in [4.69, 9.17) is 22.4 Å². The minimum Gasteiger partial charge on any atom is -0.394 e. The number of nitrogens with zero attached hydrogens (tertiary/aromatic N) is 1. The Morgan fingerprint density at radius 1 is 1.53 bits per heavy atom. The number of aromatic nitrogens is 2. The van der Waals surface area contributed by atoms with Gasteiger partial charge in [0.25, 0.3) is 0 Å². The average Bonchev–Trinajstić information content (AvgIpc) is 2.81. The van der Waals surface area contributed by atoms with Crippen molar-refractivity contribution in [3.8, 4) is 11.3 Å². The first kappa shape index (κ1) is 12.0. The Balaban J connectivity index is 2.33. The Kier molecular flexibility index (Phi) is 3.42. The fraction of sp³-hybridized carbons (Fsp3) is 0.182. The van der Waals surface area contributed by atoms with E-state index < -0.39 is 11.9 Å². The van der Waals surface area contributed by atoms with Gasteiger partial charge in [0.1, 0.15) is 11.6 Å². The van der Waals surface area contributed by atoms with Gasteiger partial charge < -0.3 is 15.8 Å². The van der Waals surface area contributed by atoms with Gasteiger partial charge in [0.2, 0.25) is 0 Å². The molecule has 1 aromatic heterocycles. The summed E-state index contributed by atoms with van der Waals surface area (Å²) in [6.07, 6.45) is 1.56. The first-order valence-electron chi connectivity index (χ1n) is 4.98. The number of nitrogens with one attached hydrogen (secondary N) is 1. The number of imidazole rings is 1. The molecule has 1 unspecified atom stereocenters. The molecule has 4 nitrogen and oxygen atoms in total. The molecule has 0 amide bonds. The quantitative estimate of drug-likeness (QED) is 0.784. The zero-order chi connectivity index (χ0) is 12.4. The Morgan fingerprint density at radius 3 is 2.94 bits per heavy atom. The van der Waals surface area contributed by atoms with Gasteiger partial charge in [0.05, 0.1) is 29.6 Å². The van der Waals surface area contributed by atoms with Crippen LogP contribution in [0.5, 0.6) is 0 Å². The molecular formula is C11H11ClFN3O. The molecule has 0 aliphatic heterocycles. The van der Waals surface area contributed by atoms with Crippen LogP contribution in [0.1, 0.15) is 11.9 Å². The molecule has 0 aliphatic carbocycles. The Morgan fingerprint density at radius 2 is 2.29 bits per heavy atom. The molecule has 0 aliphatic rings. The van der Waals surface area contributed by atoms with Crippen LogP contribution < -0.4 is 5.73 Å². The predicted molar refractivity (Wildman–Crippen MR) is 63.0 cm³/mol. The lowest BCUT2D eigenvalue weighted by molar-refractivity contribution is 0.264. The van der Waals surface area contributed by atoms with E-state index in [1.165, 1.54) is 12.1 Å². The molecule has 0 saturated heterocycles. The molecule has 2 aromatic rings. The van der Waals surface area contributed by atoms with E-state index in [-0.39, 0.29) is 11.6 Å². The maximum atomic E-state index is 13.0. The maximum Gasteiger partial charge on any atom is 0.141 e. The highest BCUT2D eigenvalue weighted by Gasteiger charge is 2.10. The Labute approximate surface area is 102 Å². The predicted octanol–water partition coefficient (Wildman–Crippen LogP) is 1.86. The number of benzene rings is 1. The van der Waals surface area contributed by atoms with E-state index >= 15 is 0 Å². The van der Waals surface area contributed by atoms with Gasteiger partial charge in [0.15, 0.2) is 0 Å². The van der Waals surface area contributed by atoms with Crippen LogP contribution in [0.4, 0.5) is 4.39 Å². The molecule has 0 saturated carbocycles.